The highest BCUT2D eigenvalue weighted by Gasteiger charge is 2.25. The fourth-order valence-electron chi connectivity index (χ4n) is 1.19. The molecule has 2 aromatic rings. The minimum absolute atomic E-state index is 0.000702. The van der Waals surface area contributed by atoms with E-state index in [2.05, 4.69) is 19.7 Å². The van der Waals surface area contributed by atoms with E-state index in [9.17, 15) is 13.2 Å². The first-order chi connectivity index (χ1) is 8.50. The first kappa shape index (κ1) is 12.7. The van der Waals surface area contributed by atoms with Crippen molar-refractivity contribution in [1.29, 1.82) is 0 Å². The van der Waals surface area contributed by atoms with Gasteiger partial charge in [0.2, 0.25) is 0 Å². The number of aromatic carboxylic acids is 1. The van der Waals surface area contributed by atoms with Gasteiger partial charge in [-0.1, -0.05) is 0 Å². The van der Waals surface area contributed by atoms with Crippen LogP contribution in [0.2, 0.25) is 0 Å². The van der Waals surface area contributed by atoms with Crippen molar-refractivity contribution in [2.45, 2.75) is 10.8 Å². The molecule has 0 aliphatic carbocycles. The zero-order valence-electron chi connectivity index (χ0n) is 8.82. The topological polar surface area (TPSA) is 125 Å². The van der Waals surface area contributed by atoms with Gasteiger partial charge in [0.05, 0.1) is 18.4 Å². The highest BCUT2D eigenvalue weighted by Crippen LogP contribution is 2.19. The maximum Gasteiger partial charge on any atom is 0.356 e. The maximum atomic E-state index is 11.9. The van der Waals surface area contributed by atoms with E-state index in [1.165, 1.54) is 18.0 Å². The van der Waals surface area contributed by atoms with Gasteiger partial charge in [-0.15, -0.1) is 11.3 Å². The highest BCUT2D eigenvalue weighted by atomic mass is 32.2. The van der Waals surface area contributed by atoms with Crippen LogP contribution < -0.4 is 4.72 Å². The Morgan fingerprint density at radius 2 is 2.33 bits per heavy atom. The number of aromatic nitrogens is 3. The predicted molar refractivity (Wildman–Crippen MR) is 61.7 cm³/mol. The van der Waals surface area contributed by atoms with Gasteiger partial charge >= 0.3 is 5.97 Å². The Kier molecular flexibility index (Phi) is 3.41. The Morgan fingerprint density at radius 3 is 2.94 bits per heavy atom. The van der Waals surface area contributed by atoms with E-state index >= 15 is 0 Å². The summed E-state index contributed by atoms with van der Waals surface area (Å²) < 4.78 is 25.7. The van der Waals surface area contributed by atoms with E-state index in [0.717, 1.165) is 11.3 Å². The molecule has 8 nitrogen and oxygen atoms in total. The fourth-order valence-corrected chi connectivity index (χ4v) is 3.38. The number of carboxylic acids is 1. The van der Waals surface area contributed by atoms with Crippen LogP contribution in [0.15, 0.2) is 22.2 Å². The molecule has 2 heterocycles. The third-order valence-corrected chi connectivity index (χ3v) is 4.76. The molecule has 0 aliphatic heterocycles. The molecule has 0 unspecified atom stereocenters. The lowest BCUT2D eigenvalue weighted by molar-refractivity contribution is 0.0687. The third kappa shape index (κ3) is 2.55. The molecule has 0 amide bonds. The van der Waals surface area contributed by atoms with Gasteiger partial charge in [0, 0.05) is 11.9 Å². The first-order valence-corrected chi connectivity index (χ1v) is 7.00. The zero-order valence-corrected chi connectivity index (χ0v) is 10.5. The summed E-state index contributed by atoms with van der Waals surface area (Å²) >= 11 is 0.754. The maximum absolute atomic E-state index is 11.9. The average molecular weight is 288 g/mol. The summed E-state index contributed by atoms with van der Waals surface area (Å²) in [5.74, 6) is -1.38. The minimum Gasteiger partial charge on any atom is -0.476 e. The summed E-state index contributed by atoms with van der Waals surface area (Å²) in [6, 6.07) is 0. The Balaban J connectivity index is 2.20. The first-order valence-electron chi connectivity index (χ1n) is 4.64. The van der Waals surface area contributed by atoms with Crippen LogP contribution in [0.4, 0.5) is 0 Å². The number of H-pyrrole nitrogens is 1. The Bertz CT molecular complexity index is 646. The number of imidazole rings is 1. The van der Waals surface area contributed by atoms with E-state index in [0.29, 0.717) is 5.69 Å². The van der Waals surface area contributed by atoms with Crippen molar-refractivity contribution in [3.8, 4) is 0 Å². The van der Waals surface area contributed by atoms with Crippen molar-refractivity contribution >= 4 is 27.3 Å². The summed E-state index contributed by atoms with van der Waals surface area (Å²) in [5, 5.41) is 8.81. The number of sulfonamides is 1. The van der Waals surface area contributed by atoms with Gasteiger partial charge in [0.1, 0.15) is 0 Å². The van der Waals surface area contributed by atoms with Crippen molar-refractivity contribution in [1.82, 2.24) is 19.7 Å². The molecule has 0 saturated heterocycles. The molecular formula is C8H8N4O4S2. The molecular weight excluding hydrogens is 280 g/mol. The lowest BCUT2D eigenvalue weighted by Gasteiger charge is -2.03. The number of rotatable bonds is 5. The average Bonchev–Trinajstić information content (AvgIpc) is 2.98. The molecule has 10 heteroatoms. The van der Waals surface area contributed by atoms with Crippen LogP contribution in [0.5, 0.6) is 0 Å². The summed E-state index contributed by atoms with van der Waals surface area (Å²) in [7, 11) is -3.89. The number of nitrogens with zero attached hydrogens (tertiary/aromatic N) is 2. The number of hydrogen-bond acceptors (Lipinski definition) is 6. The van der Waals surface area contributed by atoms with Crippen LogP contribution >= 0.6 is 11.3 Å². The summed E-state index contributed by atoms with van der Waals surface area (Å²) in [4.78, 5) is 20.8. The van der Waals surface area contributed by atoms with Crippen molar-refractivity contribution in [2.75, 3.05) is 0 Å². The smallest absolute Gasteiger partial charge is 0.356 e. The molecule has 0 radical (unpaired) electrons. The van der Waals surface area contributed by atoms with Crippen LogP contribution in [0.1, 0.15) is 16.2 Å². The van der Waals surface area contributed by atoms with Crippen LogP contribution in [0.3, 0.4) is 0 Å². The van der Waals surface area contributed by atoms with E-state index < -0.39 is 21.7 Å². The molecule has 3 N–H and O–H groups in total. The second-order valence-electron chi connectivity index (χ2n) is 3.19. The van der Waals surface area contributed by atoms with E-state index in [-0.39, 0.29) is 10.8 Å². The summed E-state index contributed by atoms with van der Waals surface area (Å²) in [6.07, 6.45) is 2.88. The molecule has 96 valence electrons. The lowest BCUT2D eigenvalue weighted by Crippen LogP contribution is -2.24. The quantitative estimate of drug-likeness (QED) is 0.713. The molecule has 2 aromatic heterocycles. The molecule has 0 spiro atoms. The van der Waals surface area contributed by atoms with Crippen LogP contribution in [-0.2, 0) is 16.6 Å². The SMILES string of the molecule is O=C(O)c1ncsc1S(=O)(=O)NCc1cnc[nH]1. The third-order valence-electron chi connectivity index (χ3n) is 1.99. The summed E-state index contributed by atoms with van der Waals surface area (Å²) in [6.45, 7) is -0.000702. The number of thiazole rings is 1. The number of hydrogen-bond donors (Lipinski definition) is 3. The second-order valence-corrected chi connectivity index (χ2v) is 6.01. The minimum atomic E-state index is -3.89. The molecule has 0 aliphatic rings. The lowest BCUT2D eigenvalue weighted by atomic mass is 10.5. The van der Waals surface area contributed by atoms with E-state index in [1.807, 2.05) is 0 Å². The van der Waals surface area contributed by atoms with Crippen molar-refractivity contribution < 1.29 is 18.3 Å². The molecule has 0 fully saturated rings. The van der Waals surface area contributed by atoms with Gasteiger partial charge in [-0.2, -0.15) is 0 Å². The van der Waals surface area contributed by atoms with Gasteiger partial charge in [0.25, 0.3) is 10.0 Å². The van der Waals surface area contributed by atoms with Crippen LogP contribution in [0, 0.1) is 0 Å². The molecule has 0 bridgehead atoms. The van der Waals surface area contributed by atoms with Crippen molar-refractivity contribution in [2.24, 2.45) is 0 Å². The monoisotopic (exact) mass is 288 g/mol. The van der Waals surface area contributed by atoms with Crippen LogP contribution in [-0.4, -0.2) is 34.4 Å². The highest BCUT2D eigenvalue weighted by molar-refractivity contribution is 7.91. The summed E-state index contributed by atoms with van der Waals surface area (Å²) in [5.41, 5.74) is 1.27. The number of carboxylic acid groups (broad SMARTS) is 1. The Hall–Kier alpha value is -1.78. The number of carbonyl (C=O) groups is 1. The van der Waals surface area contributed by atoms with Gasteiger partial charge in [-0.05, 0) is 0 Å². The van der Waals surface area contributed by atoms with Gasteiger partial charge < -0.3 is 10.1 Å². The Morgan fingerprint density at radius 1 is 1.56 bits per heavy atom. The van der Waals surface area contributed by atoms with E-state index in [1.54, 1.807) is 0 Å². The largest absolute Gasteiger partial charge is 0.476 e. The standard InChI is InChI=1S/C8H8N4O4S2/c13-7(14)6-8(17-4-11-6)18(15,16)12-2-5-1-9-3-10-5/h1,3-4,12H,2H2,(H,9,10)(H,13,14). The molecule has 2 rings (SSSR count). The Labute approximate surface area is 106 Å². The van der Waals surface area contributed by atoms with Gasteiger partial charge in [0.15, 0.2) is 9.90 Å². The zero-order chi connectivity index (χ0) is 13.2. The van der Waals surface area contributed by atoms with E-state index in [4.69, 9.17) is 5.11 Å². The predicted octanol–water partition coefficient (Wildman–Crippen LogP) is 0.0429. The molecule has 18 heavy (non-hydrogen) atoms. The van der Waals surface area contributed by atoms with Crippen molar-refractivity contribution in [3.63, 3.8) is 0 Å². The molecule has 0 atom stereocenters. The van der Waals surface area contributed by atoms with Gasteiger partial charge in [-0.25, -0.2) is 27.9 Å². The number of aromatic amines is 1. The van der Waals surface area contributed by atoms with Gasteiger partial charge in [-0.3, -0.25) is 0 Å². The molecule has 0 saturated carbocycles. The number of nitrogens with one attached hydrogen (secondary N) is 2. The normalized spacial score (nSPS) is 11.6. The van der Waals surface area contributed by atoms with Crippen LogP contribution in [0.25, 0.3) is 0 Å². The fraction of sp³-hybridized carbons (Fsp3) is 0.125. The second kappa shape index (κ2) is 4.84. The van der Waals surface area contributed by atoms with Crippen molar-refractivity contribution in [3.05, 3.63) is 29.4 Å². The molecule has 0 aromatic carbocycles.